The van der Waals surface area contributed by atoms with Gasteiger partial charge in [0.15, 0.2) is 0 Å². The van der Waals surface area contributed by atoms with Gasteiger partial charge in [-0.15, -0.1) is 0 Å². The van der Waals surface area contributed by atoms with Crippen molar-refractivity contribution in [1.82, 2.24) is 9.34 Å². The second-order valence-electron chi connectivity index (χ2n) is 4.90. The summed E-state index contributed by atoms with van der Waals surface area (Å²) in [5.74, 6) is 0. The van der Waals surface area contributed by atoms with Crippen molar-refractivity contribution in [2.45, 2.75) is 32.1 Å². The molecular weight excluding hydrogens is 259 g/mol. The maximum Gasteiger partial charge on any atom is 0.327 e. The van der Waals surface area contributed by atoms with Gasteiger partial charge in [0, 0.05) is 32.4 Å². The number of hydrogen-bond acceptors (Lipinski definition) is 3. The predicted octanol–water partition coefficient (Wildman–Crippen LogP) is 1.72. The van der Waals surface area contributed by atoms with Gasteiger partial charge in [-0.25, -0.2) is 17.8 Å². The monoisotopic (exact) mass is 280 g/mol. The van der Waals surface area contributed by atoms with E-state index in [0.29, 0.717) is 26.2 Å². The second kappa shape index (κ2) is 5.00. The van der Waals surface area contributed by atoms with Gasteiger partial charge in [0.05, 0.1) is 0 Å². The van der Waals surface area contributed by atoms with Crippen molar-refractivity contribution in [3.63, 3.8) is 0 Å². The summed E-state index contributed by atoms with van der Waals surface area (Å²) in [6.45, 7) is -0.773. The van der Waals surface area contributed by atoms with Crippen molar-refractivity contribution in [3.8, 4) is 0 Å². The molecule has 2 aliphatic heterocycles. The minimum absolute atomic E-state index is 0.654. The summed E-state index contributed by atoms with van der Waals surface area (Å²) in [4.78, 5) is 0. The second-order valence-corrected chi connectivity index (χ2v) is 11.9. The molecule has 0 aliphatic carbocycles. The minimum Gasteiger partial charge on any atom is -0.271 e. The summed E-state index contributed by atoms with van der Waals surface area (Å²) < 4.78 is 40.5. The Kier molecular flexibility index (Phi) is 3.98. The third-order valence-electron chi connectivity index (χ3n) is 3.56. The summed E-state index contributed by atoms with van der Waals surface area (Å²) >= 11 is 0. The minimum atomic E-state index is -3.54. The first-order chi connectivity index (χ1) is 7.96. The van der Waals surface area contributed by atoms with Gasteiger partial charge in [-0.3, -0.25) is 4.57 Å². The van der Waals surface area contributed by atoms with Crippen molar-refractivity contribution in [1.29, 1.82) is 0 Å². The zero-order valence-electron chi connectivity index (χ0n) is 10.3. The first kappa shape index (κ1) is 13.5. The molecule has 0 aromatic rings. The molecule has 0 N–H and O–H groups in total. The maximum atomic E-state index is 13.1. The average Bonchev–Trinajstić information content (AvgIpc) is 2.81. The van der Waals surface area contributed by atoms with E-state index in [0.717, 1.165) is 38.4 Å². The molecule has 100 valence electrons. The summed E-state index contributed by atoms with van der Waals surface area (Å²) in [7, 11) is -3.54. The molecular formula is C10H21N2O3PS. The Hall–Kier alpha value is 0.1000. The zero-order chi connectivity index (χ0) is 12.5. The Bertz CT molecular complexity index is 411. The van der Waals surface area contributed by atoms with Crippen molar-refractivity contribution in [3.05, 3.63) is 0 Å². The molecule has 0 aromatic heterocycles. The Balaban J connectivity index is 2.32. The molecule has 17 heavy (non-hydrogen) atoms. The highest BCUT2D eigenvalue weighted by Crippen LogP contribution is 2.60. The summed E-state index contributed by atoms with van der Waals surface area (Å²) in [5.41, 5.74) is 0. The normalized spacial score (nSPS) is 28.1. The van der Waals surface area contributed by atoms with Gasteiger partial charge >= 0.3 is 6.65 Å². The standard InChI is InChI=1S/C10H21N2O3PS/c1-17(14,15)16(13,12-9-5-6-10-12)11-7-3-2-4-8-11/h2-10H2,1H3/t16-/m0/s1. The van der Waals surface area contributed by atoms with Crippen LogP contribution in [0.4, 0.5) is 0 Å². The van der Waals surface area contributed by atoms with Crippen LogP contribution in [0.3, 0.4) is 0 Å². The molecule has 7 heteroatoms. The van der Waals surface area contributed by atoms with E-state index in [1.165, 1.54) is 0 Å². The van der Waals surface area contributed by atoms with E-state index in [-0.39, 0.29) is 0 Å². The van der Waals surface area contributed by atoms with Gasteiger partial charge < -0.3 is 0 Å². The summed E-state index contributed by atoms with van der Waals surface area (Å²) in [5, 5.41) is 0. The summed E-state index contributed by atoms with van der Waals surface area (Å²) in [6.07, 6.45) is 6.04. The fourth-order valence-electron chi connectivity index (χ4n) is 2.68. The fraction of sp³-hybridized carbons (Fsp3) is 1.00. The highest BCUT2D eigenvalue weighted by Gasteiger charge is 2.47. The van der Waals surface area contributed by atoms with Gasteiger partial charge in [-0.05, 0) is 25.7 Å². The molecule has 0 spiro atoms. The van der Waals surface area contributed by atoms with E-state index < -0.39 is 16.1 Å². The largest absolute Gasteiger partial charge is 0.327 e. The maximum absolute atomic E-state index is 13.1. The van der Waals surface area contributed by atoms with Gasteiger partial charge in [-0.2, -0.15) is 0 Å². The Labute approximate surface area is 103 Å². The van der Waals surface area contributed by atoms with E-state index in [9.17, 15) is 13.0 Å². The highest BCUT2D eigenvalue weighted by molar-refractivity contribution is 8.50. The lowest BCUT2D eigenvalue weighted by atomic mass is 10.2. The molecule has 0 bridgehead atoms. The van der Waals surface area contributed by atoms with E-state index in [4.69, 9.17) is 0 Å². The molecule has 2 fully saturated rings. The third-order valence-corrected chi connectivity index (χ3v) is 10.6. The molecule has 2 saturated heterocycles. The van der Waals surface area contributed by atoms with Crippen LogP contribution in [0.2, 0.25) is 0 Å². The number of nitrogens with zero attached hydrogens (tertiary/aromatic N) is 2. The van der Waals surface area contributed by atoms with Crippen LogP contribution in [0.25, 0.3) is 0 Å². The van der Waals surface area contributed by atoms with Crippen LogP contribution in [-0.4, -0.2) is 50.2 Å². The van der Waals surface area contributed by atoms with Crippen LogP contribution in [0.5, 0.6) is 0 Å². The molecule has 2 aliphatic rings. The molecule has 0 amide bonds. The third kappa shape index (κ3) is 2.46. The van der Waals surface area contributed by atoms with Crippen LogP contribution in [0.1, 0.15) is 32.1 Å². The van der Waals surface area contributed by atoms with Crippen molar-refractivity contribution < 1.29 is 13.0 Å². The number of piperidine rings is 1. The van der Waals surface area contributed by atoms with Crippen LogP contribution in [-0.2, 0) is 14.0 Å². The lowest BCUT2D eigenvalue weighted by molar-refractivity contribution is 0.320. The van der Waals surface area contributed by atoms with E-state index in [2.05, 4.69) is 0 Å². The molecule has 0 saturated carbocycles. The van der Waals surface area contributed by atoms with Crippen molar-refractivity contribution in [2.24, 2.45) is 0 Å². The number of rotatable bonds is 3. The van der Waals surface area contributed by atoms with Crippen LogP contribution < -0.4 is 0 Å². The average molecular weight is 280 g/mol. The van der Waals surface area contributed by atoms with Crippen molar-refractivity contribution in [2.75, 3.05) is 32.4 Å². The molecule has 5 nitrogen and oxygen atoms in total. The lowest BCUT2D eigenvalue weighted by Crippen LogP contribution is -2.37. The van der Waals surface area contributed by atoms with Gasteiger partial charge in [0.25, 0.3) is 0 Å². The Morgan fingerprint density at radius 2 is 1.18 bits per heavy atom. The van der Waals surface area contributed by atoms with Gasteiger partial charge in [0.2, 0.25) is 9.46 Å². The zero-order valence-corrected chi connectivity index (χ0v) is 12.0. The Morgan fingerprint density at radius 3 is 1.53 bits per heavy atom. The Morgan fingerprint density at radius 1 is 0.824 bits per heavy atom. The van der Waals surface area contributed by atoms with E-state index in [1.807, 2.05) is 0 Å². The SMILES string of the molecule is CS(=O)(=O)[P@@](=O)(N1CCCCC1)N1CCCC1. The lowest BCUT2D eigenvalue weighted by Gasteiger charge is -2.37. The molecule has 0 radical (unpaired) electrons. The fourth-order valence-corrected chi connectivity index (χ4v) is 8.95. The molecule has 2 heterocycles. The molecule has 0 aromatic carbocycles. The van der Waals surface area contributed by atoms with Crippen LogP contribution in [0.15, 0.2) is 0 Å². The quantitative estimate of drug-likeness (QED) is 0.737. The van der Waals surface area contributed by atoms with E-state index >= 15 is 0 Å². The molecule has 0 unspecified atom stereocenters. The predicted molar refractivity (Wildman–Crippen MR) is 68.7 cm³/mol. The smallest absolute Gasteiger partial charge is 0.271 e. The van der Waals surface area contributed by atoms with Crippen LogP contribution in [0, 0.1) is 0 Å². The van der Waals surface area contributed by atoms with Crippen molar-refractivity contribution >= 4 is 16.1 Å². The molecule has 1 atom stereocenters. The highest BCUT2D eigenvalue weighted by atomic mass is 32.8. The van der Waals surface area contributed by atoms with E-state index in [1.54, 1.807) is 9.34 Å². The first-order valence-electron chi connectivity index (χ1n) is 6.27. The first-order valence-corrected chi connectivity index (χ1v) is 10.4. The van der Waals surface area contributed by atoms with Gasteiger partial charge in [-0.1, -0.05) is 6.42 Å². The summed E-state index contributed by atoms with van der Waals surface area (Å²) in [6, 6.07) is 0. The molecule has 2 rings (SSSR count). The van der Waals surface area contributed by atoms with Gasteiger partial charge in [0.1, 0.15) is 0 Å². The topological polar surface area (TPSA) is 57.7 Å². The number of hydrogen-bond donors (Lipinski definition) is 0. The van der Waals surface area contributed by atoms with Crippen LogP contribution >= 0.6 is 6.65 Å².